The average Bonchev–Trinajstić information content (AvgIpc) is 2.61. The second kappa shape index (κ2) is 8.06. The number of carbonyl (C=O) groups is 2. The van der Waals surface area contributed by atoms with E-state index in [0.29, 0.717) is 19.1 Å². The summed E-state index contributed by atoms with van der Waals surface area (Å²) in [5.41, 5.74) is 0.00940. The summed E-state index contributed by atoms with van der Waals surface area (Å²) in [5, 5.41) is 13.4. The van der Waals surface area contributed by atoms with Crippen LogP contribution in [-0.2, 0) is 4.79 Å². The molecular formula is C17H24N4O4. The maximum atomic E-state index is 12.6. The normalized spacial score (nSPS) is 18.7. The Morgan fingerprint density at radius 2 is 2.12 bits per heavy atom. The molecule has 2 atom stereocenters. The number of amides is 2. The van der Waals surface area contributed by atoms with E-state index < -0.39 is 16.9 Å². The molecule has 2 amide bonds. The van der Waals surface area contributed by atoms with Crippen LogP contribution in [-0.4, -0.2) is 65.8 Å². The van der Waals surface area contributed by atoms with E-state index in [2.05, 4.69) is 10.2 Å². The number of rotatable bonds is 5. The summed E-state index contributed by atoms with van der Waals surface area (Å²) < 4.78 is 0. The Hall–Kier alpha value is -2.48. The van der Waals surface area contributed by atoms with Gasteiger partial charge in [-0.2, -0.15) is 0 Å². The molecule has 1 heterocycles. The zero-order valence-corrected chi connectivity index (χ0v) is 14.8. The minimum atomic E-state index is -0.687. The molecule has 136 valence electrons. The van der Waals surface area contributed by atoms with Crippen LogP contribution in [0.15, 0.2) is 24.3 Å². The summed E-state index contributed by atoms with van der Waals surface area (Å²) in [7, 11) is 3.98. The van der Waals surface area contributed by atoms with E-state index in [9.17, 15) is 19.7 Å². The first-order chi connectivity index (χ1) is 11.8. The molecule has 0 bridgehead atoms. The Bertz CT molecular complexity index is 662. The highest BCUT2D eigenvalue weighted by atomic mass is 16.6. The van der Waals surface area contributed by atoms with E-state index in [1.807, 2.05) is 14.1 Å². The van der Waals surface area contributed by atoms with E-state index in [0.717, 1.165) is 12.8 Å². The van der Waals surface area contributed by atoms with Crippen LogP contribution in [0.2, 0.25) is 0 Å². The molecule has 1 aliphatic heterocycles. The van der Waals surface area contributed by atoms with Gasteiger partial charge in [0, 0.05) is 36.8 Å². The highest BCUT2D eigenvalue weighted by molar-refractivity contribution is 5.97. The van der Waals surface area contributed by atoms with Gasteiger partial charge in [-0.25, -0.2) is 0 Å². The summed E-state index contributed by atoms with van der Waals surface area (Å²) in [4.78, 5) is 39.0. The minimum Gasteiger partial charge on any atom is -0.341 e. The zero-order valence-electron chi connectivity index (χ0n) is 14.8. The van der Waals surface area contributed by atoms with Crippen molar-refractivity contribution in [2.75, 3.05) is 27.2 Å². The van der Waals surface area contributed by atoms with Crippen molar-refractivity contribution in [3.63, 3.8) is 0 Å². The number of benzene rings is 1. The van der Waals surface area contributed by atoms with Gasteiger partial charge >= 0.3 is 0 Å². The summed E-state index contributed by atoms with van der Waals surface area (Å²) in [6, 6.07) is 5.09. The fourth-order valence-electron chi connectivity index (χ4n) is 2.95. The van der Waals surface area contributed by atoms with Gasteiger partial charge < -0.3 is 15.1 Å². The van der Waals surface area contributed by atoms with Gasteiger partial charge in [0.25, 0.3) is 11.6 Å². The Morgan fingerprint density at radius 3 is 2.76 bits per heavy atom. The van der Waals surface area contributed by atoms with Crippen LogP contribution in [0.4, 0.5) is 5.69 Å². The molecule has 0 spiro atoms. The third-order valence-electron chi connectivity index (χ3n) is 4.48. The highest BCUT2D eigenvalue weighted by Crippen LogP contribution is 2.16. The van der Waals surface area contributed by atoms with Gasteiger partial charge in [0.2, 0.25) is 5.91 Å². The van der Waals surface area contributed by atoms with Crippen LogP contribution in [0, 0.1) is 10.1 Å². The minimum absolute atomic E-state index is 0.134. The Morgan fingerprint density at radius 1 is 1.40 bits per heavy atom. The van der Waals surface area contributed by atoms with E-state index in [-0.39, 0.29) is 17.2 Å². The number of likely N-dealkylation sites (N-methyl/N-ethyl adjacent to an activating group) is 1. The van der Waals surface area contributed by atoms with Gasteiger partial charge in [-0.15, -0.1) is 0 Å². The fourth-order valence-corrected chi connectivity index (χ4v) is 2.95. The van der Waals surface area contributed by atoms with Crippen molar-refractivity contribution in [1.29, 1.82) is 0 Å². The average molecular weight is 348 g/mol. The van der Waals surface area contributed by atoms with Crippen molar-refractivity contribution in [2.24, 2.45) is 0 Å². The number of nitro groups is 1. The van der Waals surface area contributed by atoms with Crippen LogP contribution in [0.1, 0.15) is 30.1 Å². The van der Waals surface area contributed by atoms with Gasteiger partial charge in [0.15, 0.2) is 0 Å². The van der Waals surface area contributed by atoms with Crippen LogP contribution in [0.5, 0.6) is 0 Å². The van der Waals surface area contributed by atoms with Gasteiger partial charge in [-0.1, -0.05) is 6.07 Å². The second-order valence-electron chi connectivity index (χ2n) is 6.55. The highest BCUT2D eigenvalue weighted by Gasteiger charge is 2.28. The van der Waals surface area contributed by atoms with Gasteiger partial charge in [-0.05, 0) is 39.9 Å². The smallest absolute Gasteiger partial charge is 0.270 e. The third kappa shape index (κ3) is 4.76. The second-order valence-corrected chi connectivity index (χ2v) is 6.55. The number of hydrogen-bond donors (Lipinski definition) is 1. The number of carbonyl (C=O) groups excluding carboxylic acids is 2. The van der Waals surface area contributed by atoms with Crippen LogP contribution < -0.4 is 5.32 Å². The summed E-state index contributed by atoms with van der Waals surface area (Å²) in [6.45, 7) is 2.96. The predicted octanol–water partition coefficient (Wildman–Crippen LogP) is 1.27. The maximum Gasteiger partial charge on any atom is 0.270 e. The lowest BCUT2D eigenvalue weighted by Crippen LogP contribution is -2.53. The fraction of sp³-hybridized carbons (Fsp3) is 0.529. The van der Waals surface area contributed by atoms with E-state index in [4.69, 9.17) is 0 Å². The number of nitro benzene ring substituents is 1. The number of nitrogens with zero attached hydrogens (tertiary/aromatic N) is 3. The molecular weight excluding hydrogens is 324 g/mol. The zero-order chi connectivity index (χ0) is 18.6. The molecule has 8 heteroatoms. The quantitative estimate of drug-likeness (QED) is 0.638. The van der Waals surface area contributed by atoms with E-state index in [1.165, 1.54) is 24.3 Å². The third-order valence-corrected chi connectivity index (χ3v) is 4.48. The van der Waals surface area contributed by atoms with Gasteiger partial charge in [-0.3, -0.25) is 19.7 Å². The molecule has 0 aromatic heterocycles. The predicted molar refractivity (Wildman–Crippen MR) is 93.3 cm³/mol. The Balaban J connectivity index is 1.99. The first-order valence-corrected chi connectivity index (χ1v) is 8.30. The lowest BCUT2D eigenvalue weighted by atomic mass is 10.0. The molecule has 0 radical (unpaired) electrons. The van der Waals surface area contributed by atoms with Crippen molar-refractivity contribution in [1.82, 2.24) is 15.1 Å². The standard InChI is InChI=1S/C17H24N4O4/c1-12(17(23)20-9-5-8-15(11-20)19(2)3)18-16(22)13-6-4-7-14(10-13)21(24)25/h4,6-7,10,12,15H,5,8-9,11H2,1-3H3,(H,18,22). The van der Waals surface area contributed by atoms with E-state index >= 15 is 0 Å². The Labute approximate surface area is 146 Å². The summed E-state index contributed by atoms with van der Waals surface area (Å²) >= 11 is 0. The first-order valence-electron chi connectivity index (χ1n) is 8.30. The molecule has 1 aliphatic rings. The number of hydrogen-bond acceptors (Lipinski definition) is 5. The number of likely N-dealkylation sites (tertiary alicyclic amines) is 1. The number of non-ortho nitro benzene ring substituents is 1. The SMILES string of the molecule is CC(NC(=O)c1cccc([N+](=O)[O-])c1)C(=O)N1CCCC(N(C)C)C1. The molecule has 1 N–H and O–H groups in total. The largest absolute Gasteiger partial charge is 0.341 e. The monoisotopic (exact) mass is 348 g/mol. The van der Waals surface area contributed by atoms with Crippen molar-refractivity contribution in [2.45, 2.75) is 31.8 Å². The van der Waals surface area contributed by atoms with Crippen LogP contribution in [0.25, 0.3) is 0 Å². The summed E-state index contributed by atoms with van der Waals surface area (Å²) in [5.74, 6) is -0.629. The van der Waals surface area contributed by atoms with Crippen molar-refractivity contribution >= 4 is 17.5 Å². The molecule has 1 saturated heterocycles. The van der Waals surface area contributed by atoms with Crippen molar-refractivity contribution < 1.29 is 14.5 Å². The number of nitrogens with one attached hydrogen (secondary N) is 1. The molecule has 1 fully saturated rings. The summed E-state index contributed by atoms with van der Waals surface area (Å²) in [6.07, 6.45) is 1.98. The van der Waals surface area contributed by atoms with E-state index in [1.54, 1.807) is 11.8 Å². The van der Waals surface area contributed by atoms with Crippen LogP contribution >= 0.6 is 0 Å². The molecule has 2 rings (SSSR count). The molecule has 0 aliphatic carbocycles. The molecule has 25 heavy (non-hydrogen) atoms. The number of piperidine rings is 1. The lowest BCUT2D eigenvalue weighted by molar-refractivity contribution is -0.384. The molecule has 2 unspecified atom stereocenters. The maximum absolute atomic E-state index is 12.6. The molecule has 8 nitrogen and oxygen atoms in total. The Kier molecular flexibility index (Phi) is 6.08. The molecule has 1 aromatic rings. The molecule has 1 aromatic carbocycles. The topological polar surface area (TPSA) is 95.8 Å². The lowest BCUT2D eigenvalue weighted by Gasteiger charge is -2.37. The first kappa shape index (κ1) is 18.9. The van der Waals surface area contributed by atoms with Crippen molar-refractivity contribution in [3.8, 4) is 0 Å². The van der Waals surface area contributed by atoms with Crippen molar-refractivity contribution in [3.05, 3.63) is 39.9 Å². The van der Waals surface area contributed by atoms with Crippen LogP contribution in [0.3, 0.4) is 0 Å². The molecule has 0 saturated carbocycles. The van der Waals surface area contributed by atoms with Gasteiger partial charge in [0.05, 0.1) is 4.92 Å². The van der Waals surface area contributed by atoms with Gasteiger partial charge in [0.1, 0.15) is 6.04 Å².